The van der Waals surface area contributed by atoms with E-state index in [2.05, 4.69) is 0 Å². The fraction of sp³-hybridized carbons (Fsp3) is 0.333. The summed E-state index contributed by atoms with van der Waals surface area (Å²) >= 11 is 0. The Morgan fingerprint density at radius 1 is 0.865 bits per heavy atom. The number of halogens is 2. The minimum absolute atomic E-state index is 0.0603. The fourth-order valence-electron chi connectivity index (χ4n) is 3.86. The van der Waals surface area contributed by atoms with Crippen LogP contribution in [0.25, 0.3) is 0 Å². The summed E-state index contributed by atoms with van der Waals surface area (Å²) in [5, 5.41) is -4.44. The highest BCUT2D eigenvalue weighted by Gasteiger charge is 2.51. The van der Waals surface area contributed by atoms with Gasteiger partial charge < -0.3 is 14.2 Å². The van der Waals surface area contributed by atoms with Crippen LogP contribution < -0.4 is 4.74 Å². The molecule has 0 amide bonds. The van der Waals surface area contributed by atoms with Crippen LogP contribution in [-0.4, -0.2) is 37.5 Å². The third kappa shape index (κ3) is 6.69. The lowest BCUT2D eigenvalue weighted by molar-refractivity contribution is -0.156. The Morgan fingerprint density at radius 3 is 1.92 bits per heavy atom. The van der Waals surface area contributed by atoms with E-state index in [9.17, 15) is 17.2 Å². The smallest absolute Gasteiger partial charge is 0.405 e. The molecule has 0 spiro atoms. The minimum Gasteiger partial charge on any atom is -0.483 e. The normalized spacial score (nSPS) is 17.4. The van der Waals surface area contributed by atoms with E-state index >= 15 is 0 Å². The quantitative estimate of drug-likeness (QED) is 0.263. The van der Waals surface area contributed by atoms with E-state index in [1.165, 1.54) is 12.1 Å². The van der Waals surface area contributed by atoms with E-state index in [0.717, 1.165) is 46.4 Å². The van der Waals surface area contributed by atoms with E-state index in [4.69, 9.17) is 18.8 Å². The van der Waals surface area contributed by atoms with Gasteiger partial charge in [-0.1, -0.05) is 18.2 Å². The van der Waals surface area contributed by atoms with Crippen molar-refractivity contribution in [2.45, 2.75) is 58.5 Å². The lowest BCUT2D eigenvalue weighted by Gasteiger charge is -2.22. The molecule has 1 aliphatic heterocycles. The Bertz CT molecular complexity index is 1240. The monoisotopic (exact) mass is 551 g/mol. The number of benzene rings is 3. The summed E-state index contributed by atoms with van der Waals surface area (Å²) in [4.78, 5) is 3.02. The number of rotatable bonds is 8. The molecule has 0 aromatic heterocycles. The van der Waals surface area contributed by atoms with Gasteiger partial charge in [-0.15, -0.1) is 0 Å². The zero-order valence-electron chi connectivity index (χ0n) is 20.3. The van der Waals surface area contributed by atoms with Crippen molar-refractivity contribution in [1.82, 2.24) is 0 Å². The molecule has 0 aliphatic carbocycles. The van der Waals surface area contributed by atoms with Gasteiger partial charge in [0.2, 0.25) is 0 Å². The molecular formula is C27H29F2O6S2+. The van der Waals surface area contributed by atoms with Crippen molar-refractivity contribution in [2.75, 3.05) is 13.2 Å². The van der Waals surface area contributed by atoms with Gasteiger partial charge in [0.25, 0.3) is 0 Å². The largest absolute Gasteiger partial charge is 0.483 e. The molecule has 0 saturated carbocycles. The van der Waals surface area contributed by atoms with E-state index in [-0.39, 0.29) is 5.75 Å². The fourth-order valence-corrected chi connectivity index (χ4v) is 6.39. The Hall–Kier alpha value is -2.50. The standard InChI is InChI=1S/C27H28F2O6S2/c1-20(27(28,29)37(30,31)32)35-22-12-16-25(17-13-22)36(23-8-4-2-5-9-23)24-14-10-21(11-15-24)26-33-18-6-3-7-19-34-26/h2,4-5,8-17,20,26H,3,6-7,18-19H2,1H3/p+1. The molecule has 4 rings (SSSR count). The predicted octanol–water partition coefficient (Wildman–Crippen LogP) is 6.25. The van der Waals surface area contributed by atoms with E-state index in [1.54, 1.807) is 12.1 Å². The van der Waals surface area contributed by atoms with Gasteiger partial charge in [-0.25, -0.2) is 0 Å². The average Bonchev–Trinajstić information content (AvgIpc) is 2.86. The second-order valence-corrected chi connectivity index (χ2v) is 12.1. The molecule has 3 aromatic carbocycles. The van der Waals surface area contributed by atoms with Crippen LogP contribution in [0.4, 0.5) is 8.78 Å². The third-order valence-corrected chi connectivity index (χ3v) is 9.13. The van der Waals surface area contributed by atoms with E-state index in [0.29, 0.717) is 13.2 Å². The van der Waals surface area contributed by atoms with Gasteiger partial charge in [-0.05, 0) is 86.8 Å². The lowest BCUT2D eigenvalue weighted by Crippen LogP contribution is -2.42. The maximum Gasteiger partial charge on any atom is 0.405 e. The molecule has 37 heavy (non-hydrogen) atoms. The molecule has 3 aromatic rings. The zero-order valence-corrected chi connectivity index (χ0v) is 21.9. The average molecular weight is 552 g/mol. The summed E-state index contributed by atoms with van der Waals surface area (Å²) < 4.78 is 75.5. The first-order valence-corrected chi connectivity index (χ1v) is 14.6. The van der Waals surface area contributed by atoms with Crippen molar-refractivity contribution >= 4 is 21.0 Å². The van der Waals surface area contributed by atoms with Gasteiger partial charge in [0.1, 0.15) is 5.75 Å². The van der Waals surface area contributed by atoms with Crippen LogP contribution in [-0.2, 0) is 30.5 Å². The Balaban J connectivity index is 1.58. The molecular weight excluding hydrogens is 522 g/mol. The van der Waals surface area contributed by atoms with Crippen LogP contribution in [0.3, 0.4) is 0 Å². The Labute approximate surface area is 218 Å². The molecule has 1 aliphatic rings. The molecule has 1 fully saturated rings. The van der Waals surface area contributed by atoms with Crippen molar-refractivity contribution in [3.8, 4) is 5.75 Å². The number of hydrogen-bond acceptors (Lipinski definition) is 5. The second-order valence-electron chi connectivity index (χ2n) is 8.59. The van der Waals surface area contributed by atoms with Crippen LogP contribution in [0.1, 0.15) is 38.0 Å². The Kier molecular flexibility index (Phi) is 8.86. The summed E-state index contributed by atoms with van der Waals surface area (Å²) in [6, 6.07) is 24.5. The summed E-state index contributed by atoms with van der Waals surface area (Å²) in [5.74, 6) is 0.0603. The zero-order chi connectivity index (χ0) is 26.5. The summed E-state index contributed by atoms with van der Waals surface area (Å²) in [6.07, 6.45) is 0.651. The minimum atomic E-state index is -5.61. The molecule has 10 heteroatoms. The van der Waals surface area contributed by atoms with E-state index < -0.39 is 38.7 Å². The van der Waals surface area contributed by atoms with Crippen LogP contribution in [0.5, 0.6) is 5.75 Å². The molecule has 0 radical (unpaired) electrons. The summed E-state index contributed by atoms with van der Waals surface area (Å²) in [7, 11) is -6.11. The molecule has 1 saturated heterocycles. The molecule has 1 N–H and O–H groups in total. The topological polar surface area (TPSA) is 82.1 Å². The molecule has 6 nitrogen and oxygen atoms in total. The van der Waals surface area contributed by atoms with Crippen LogP contribution >= 0.6 is 0 Å². The van der Waals surface area contributed by atoms with E-state index in [1.807, 2.05) is 54.6 Å². The van der Waals surface area contributed by atoms with Gasteiger partial charge in [-0.3, -0.25) is 4.55 Å². The van der Waals surface area contributed by atoms with Gasteiger partial charge in [-0.2, -0.15) is 17.2 Å². The first-order valence-electron chi connectivity index (χ1n) is 11.9. The summed E-state index contributed by atoms with van der Waals surface area (Å²) in [5.41, 5.74) is 0.944. The highest BCUT2D eigenvalue weighted by molar-refractivity contribution is 7.97. The van der Waals surface area contributed by atoms with Crippen LogP contribution in [0.2, 0.25) is 0 Å². The lowest BCUT2D eigenvalue weighted by atomic mass is 10.2. The Morgan fingerprint density at radius 2 is 1.38 bits per heavy atom. The maximum absolute atomic E-state index is 13.9. The first-order chi connectivity index (χ1) is 17.7. The number of ether oxygens (including phenoxy) is 3. The van der Waals surface area contributed by atoms with Crippen LogP contribution in [0, 0.1) is 0 Å². The first kappa shape index (κ1) is 27.5. The van der Waals surface area contributed by atoms with Gasteiger partial charge in [0.05, 0.1) is 24.1 Å². The maximum atomic E-state index is 13.9. The van der Waals surface area contributed by atoms with Crippen molar-refractivity contribution in [3.63, 3.8) is 0 Å². The van der Waals surface area contributed by atoms with Crippen molar-refractivity contribution in [3.05, 3.63) is 84.4 Å². The number of hydrogen-bond donors (Lipinski definition) is 1. The van der Waals surface area contributed by atoms with Crippen molar-refractivity contribution in [2.24, 2.45) is 0 Å². The number of alkyl halides is 2. The molecule has 2 unspecified atom stereocenters. The van der Waals surface area contributed by atoms with Crippen molar-refractivity contribution < 1.29 is 36.0 Å². The molecule has 2 atom stereocenters. The highest BCUT2D eigenvalue weighted by atomic mass is 32.2. The van der Waals surface area contributed by atoms with Gasteiger partial charge in [0, 0.05) is 5.56 Å². The van der Waals surface area contributed by atoms with Crippen LogP contribution in [0.15, 0.2) is 93.5 Å². The predicted molar refractivity (Wildman–Crippen MR) is 137 cm³/mol. The molecule has 0 bridgehead atoms. The van der Waals surface area contributed by atoms with Gasteiger partial charge >= 0.3 is 15.4 Å². The second kappa shape index (κ2) is 11.9. The van der Waals surface area contributed by atoms with Crippen molar-refractivity contribution in [1.29, 1.82) is 0 Å². The molecule has 1 heterocycles. The highest BCUT2D eigenvalue weighted by Crippen LogP contribution is 2.34. The third-order valence-electron chi connectivity index (χ3n) is 5.88. The summed E-state index contributed by atoms with van der Waals surface area (Å²) in [6.45, 7) is 2.20. The SMILES string of the molecule is CC(Oc1ccc([S+](c2ccccc2)c2ccc(C3OCCCCCO3)cc2)cc1)C(F)(F)S(=O)(=O)O. The molecule has 198 valence electrons. The van der Waals surface area contributed by atoms with Gasteiger partial charge in [0.15, 0.2) is 27.1 Å².